The summed E-state index contributed by atoms with van der Waals surface area (Å²) in [4.78, 5) is 19.1. The third-order valence-electron chi connectivity index (χ3n) is 8.25. The van der Waals surface area contributed by atoms with Gasteiger partial charge in [-0.3, -0.25) is 9.78 Å². The lowest BCUT2D eigenvalue weighted by atomic mass is 9.84. The van der Waals surface area contributed by atoms with Crippen molar-refractivity contribution in [3.63, 3.8) is 0 Å². The van der Waals surface area contributed by atoms with Crippen LogP contribution in [0.1, 0.15) is 53.5 Å². The molecule has 9 heteroatoms. The molecule has 1 saturated heterocycles. The molecule has 1 aliphatic rings. The number of likely N-dealkylation sites (tertiary alicyclic amines) is 1. The number of hydrogen-bond donors (Lipinski definition) is 1. The molecule has 1 atom stereocenters. The summed E-state index contributed by atoms with van der Waals surface area (Å²) in [6.07, 6.45) is 6.31. The molecule has 0 radical (unpaired) electrons. The first-order valence-corrected chi connectivity index (χ1v) is 15.0. The Morgan fingerprint density at radius 3 is 2.53 bits per heavy atom. The van der Waals surface area contributed by atoms with Crippen LogP contribution in [0.4, 0.5) is 0 Å². The van der Waals surface area contributed by atoms with Gasteiger partial charge in [-0.15, -0.1) is 5.10 Å². The number of nitrogens with zero attached hydrogens (tertiary/aromatic N) is 6. The van der Waals surface area contributed by atoms with Gasteiger partial charge < -0.3 is 10.0 Å². The second-order valence-electron chi connectivity index (χ2n) is 10.9. The van der Waals surface area contributed by atoms with Crippen molar-refractivity contribution in [1.29, 1.82) is 0 Å². The van der Waals surface area contributed by atoms with E-state index in [0.29, 0.717) is 10.9 Å². The molecule has 6 rings (SSSR count). The maximum Gasteiger partial charge on any atom is 0.224 e. The van der Waals surface area contributed by atoms with E-state index >= 15 is 0 Å². The van der Waals surface area contributed by atoms with Crippen molar-refractivity contribution in [3.05, 3.63) is 125 Å². The fourth-order valence-electron chi connectivity index (χ4n) is 5.97. The lowest BCUT2D eigenvalue weighted by Gasteiger charge is -2.32. The Kier molecular flexibility index (Phi) is 8.86. The molecule has 1 fully saturated rings. The normalized spacial score (nSPS) is 14.5. The van der Waals surface area contributed by atoms with E-state index in [1.54, 1.807) is 11.0 Å². The van der Waals surface area contributed by atoms with Crippen LogP contribution in [0.5, 0.6) is 0 Å². The zero-order valence-electron chi connectivity index (χ0n) is 23.8. The van der Waals surface area contributed by atoms with Crippen molar-refractivity contribution in [2.75, 3.05) is 19.7 Å². The molecule has 0 saturated carbocycles. The molecule has 0 unspecified atom stereocenters. The molecule has 5 aromatic rings. The largest absolute Gasteiger partial charge is 0.396 e. The average molecular weight is 593 g/mol. The van der Waals surface area contributed by atoms with Gasteiger partial charge in [-0.1, -0.05) is 72.3 Å². The van der Waals surface area contributed by atoms with E-state index in [1.807, 2.05) is 35.4 Å². The van der Waals surface area contributed by atoms with Crippen LogP contribution in [0.2, 0.25) is 5.02 Å². The zero-order valence-corrected chi connectivity index (χ0v) is 24.5. The molecule has 3 aromatic carbocycles. The molecular formula is C34H33ClN6O2. The van der Waals surface area contributed by atoms with E-state index in [9.17, 15) is 4.79 Å². The van der Waals surface area contributed by atoms with E-state index in [2.05, 4.69) is 76.2 Å². The number of benzene rings is 3. The summed E-state index contributed by atoms with van der Waals surface area (Å²) < 4.78 is 1.62. The summed E-state index contributed by atoms with van der Waals surface area (Å²) in [5.41, 5.74) is 7.39. The average Bonchev–Trinajstić information content (AvgIpc) is 3.60. The molecule has 0 aliphatic carbocycles. The standard InChI is InChI=1S/C34H33ClN6O2/c35-29-10-12-33(41-23-37-38-39-41)31(21-29)28-9-11-32(36-22-28)30(19-24-5-2-1-3-6-24)27-8-4-7-26(20-27)25-13-16-40(17-14-25)34(43)15-18-42/h1-12,20-23,25,30,42H,13-19H2/t30-/m0/s1. The number of aliphatic hydroxyl groups is 1. The van der Waals surface area contributed by atoms with Gasteiger partial charge in [-0.25, -0.2) is 0 Å². The smallest absolute Gasteiger partial charge is 0.224 e. The van der Waals surface area contributed by atoms with Gasteiger partial charge in [0.2, 0.25) is 5.91 Å². The number of pyridine rings is 1. The van der Waals surface area contributed by atoms with Crippen LogP contribution >= 0.6 is 11.6 Å². The molecule has 8 nitrogen and oxygen atoms in total. The topological polar surface area (TPSA) is 97.0 Å². The highest BCUT2D eigenvalue weighted by Gasteiger charge is 2.25. The summed E-state index contributed by atoms with van der Waals surface area (Å²) in [6, 6.07) is 29.2. The van der Waals surface area contributed by atoms with E-state index in [1.165, 1.54) is 16.7 Å². The summed E-state index contributed by atoms with van der Waals surface area (Å²) in [5, 5.41) is 21.4. The first-order chi connectivity index (χ1) is 21.1. The highest BCUT2D eigenvalue weighted by molar-refractivity contribution is 6.31. The first kappa shape index (κ1) is 28.7. The van der Waals surface area contributed by atoms with Crippen LogP contribution in [0.25, 0.3) is 16.8 Å². The van der Waals surface area contributed by atoms with E-state index in [-0.39, 0.29) is 24.9 Å². The third-order valence-corrected chi connectivity index (χ3v) is 8.48. The molecule has 1 aliphatic heterocycles. The summed E-state index contributed by atoms with van der Waals surface area (Å²) in [5.74, 6) is 0.481. The highest BCUT2D eigenvalue weighted by atomic mass is 35.5. The first-order valence-electron chi connectivity index (χ1n) is 14.6. The molecule has 0 bridgehead atoms. The minimum Gasteiger partial charge on any atom is -0.396 e. The van der Waals surface area contributed by atoms with Gasteiger partial charge in [-0.2, -0.15) is 4.68 Å². The number of piperidine rings is 1. The van der Waals surface area contributed by atoms with Crippen LogP contribution in [0.3, 0.4) is 0 Å². The Morgan fingerprint density at radius 2 is 1.81 bits per heavy atom. The van der Waals surface area contributed by atoms with Crippen LogP contribution in [-0.4, -0.2) is 60.8 Å². The molecular weight excluding hydrogens is 560 g/mol. The molecule has 1 N–H and O–H groups in total. The van der Waals surface area contributed by atoms with E-state index < -0.39 is 0 Å². The van der Waals surface area contributed by atoms with Crippen molar-refractivity contribution >= 4 is 17.5 Å². The predicted octanol–water partition coefficient (Wildman–Crippen LogP) is 5.84. The number of hydrogen-bond acceptors (Lipinski definition) is 6. The van der Waals surface area contributed by atoms with Crippen LogP contribution in [0.15, 0.2) is 97.5 Å². The molecule has 0 spiro atoms. The number of tetrazole rings is 1. The highest BCUT2D eigenvalue weighted by Crippen LogP contribution is 2.35. The summed E-state index contributed by atoms with van der Waals surface area (Å²) >= 11 is 6.39. The third kappa shape index (κ3) is 6.66. The molecule has 43 heavy (non-hydrogen) atoms. The maximum atomic E-state index is 12.3. The molecule has 218 valence electrons. The maximum absolute atomic E-state index is 12.3. The number of halogens is 1. The zero-order chi connectivity index (χ0) is 29.6. The van der Waals surface area contributed by atoms with E-state index in [4.69, 9.17) is 21.7 Å². The van der Waals surface area contributed by atoms with Crippen molar-refractivity contribution in [3.8, 4) is 16.8 Å². The fraction of sp³-hybridized carbons (Fsp3) is 0.265. The van der Waals surface area contributed by atoms with Crippen molar-refractivity contribution < 1.29 is 9.90 Å². The number of aliphatic hydroxyl groups excluding tert-OH is 1. The summed E-state index contributed by atoms with van der Waals surface area (Å²) in [6.45, 7) is 1.35. The van der Waals surface area contributed by atoms with Crippen LogP contribution < -0.4 is 0 Å². The Bertz CT molecular complexity index is 1650. The fourth-order valence-corrected chi connectivity index (χ4v) is 6.14. The van der Waals surface area contributed by atoms with Gasteiger partial charge in [0.05, 0.1) is 12.3 Å². The Morgan fingerprint density at radius 1 is 0.977 bits per heavy atom. The number of carbonyl (C=O) groups is 1. The van der Waals surface area contributed by atoms with Crippen LogP contribution in [-0.2, 0) is 11.2 Å². The number of amides is 1. The van der Waals surface area contributed by atoms with Crippen LogP contribution in [0, 0.1) is 0 Å². The predicted molar refractivity (Wildman–Crippen MR) is 166 cm³/mol. The Hall–Kier alpha value is -4.40. The number of rotatable bonds is 9. The minimum absolute atomic E-state index is 0.0370. The minimum atomic E-state index is -0.0990. The van der Waals surface area contributed by atoms with Gasteiger partial charge in [0.15, 0.2) is 0 Å². The lowest BCUT2D eigenvalue weighted by molar-refractivity contribution is -0.132. The Labute approximate surface area is 256 Å². The molecule has 2 aromatic heterocycles. The van der Waals surface area contributed by atoms with E-state index in [0.717, 1.165) is 54.9 Å². The monoisotopic (exact) mass is 592 g/mol. The van der Waals surface area contributed by atoms with Gasteiger partial charge in [0.1, 0.15) is 6.33 Å². The lowest BCUT2D eigenvalue weighted by Crippen LogP contribution is -2.38. The van der Waals surface area contributed by atoms with Crippen molar-refractivity contribution in [1.82, 2.24) is 30.1 Å². The molecule has 1 amide bonds. The second-order valence-corrected chi connectivity index (χ2v) is 11.4. The molecule has 3 heterocycles. The summed E-state index contributed by atoms with van der Waals surface area (Å²) in [7, 11) is 0. The van der Waals surface area contributed by atoms with Gasteiger partial charge >= 0.3 is 0 Å². The Balaban J connectivity index is 1.29. The quantitative estimate of drug-likeness (QED) is 0.231. The SMILES string of the molecule is O=C(CCO)N1CCC(c2cccc([C@H](Cc3ccccc3)c3ccc(-c4cc(Cl)ccc4-n4cnnn4)cn3)c2)CC1. The van der Waals surface area contributed by atoms with Gasteiger partial charge in [0.25, 0.3) is 0 Å². The van der Waals surface area contributed by atoms with Gasteiger partial charge in [0, 0.05) is 53.5 Å². The van der Waals surface area contributed by atoms with Crippen molar-refractivity contribution in [2.45, 2.75) is 37.5 Å². The van der Waals surface area contributed by atoms with Gasteiger partial charge in [-0.05, 0) is 76.6 Å². The number of carbonyl (C=O) groups excluding carboxylic acids is 1. The van der Waals surface area contributed by atoms with Crippen molar-refractivity contribution in [2.24, 2.45) is 0 Å². The second kappa shape index (κ2) is 13.3. The number of aromatic nitrogens is 5.